The number of imidazole rings is 1. The Labute approximate surface area is 214 Å². The molecule has 1 aromatic carbocycles. The van der Waals surface area contributed by atoms with Crippen LogP contribution in [-0.2, 0) is 11.0 Å². The number of carbonyl (C=O) groups is 3. The van der Waals surface area contributed by atoms with Crippen LogP contribution in [-0.4, -0.2) is 43.8 Å². The number of pyridine rings is 1. The van der Waals surface area contributed by atoms with Crippen molar-refractivity contribution in [3.8, 4) is 23.1 Å². The number of amides is 3. The van der Waals surface area contributed by atoms with Gasteiger partial charge in [-0.15, -0.1) is 0 Å². The Morgan fingerprint density at radius 2 is 1.87 bits per heavy atom. The number of rotatable bonds is 5. The first-order valence-corrected chi connectivity index (χ1v) is 11.4. The van der Waals surface area contributed by atoms with Crippen LogP contribution in [0.2, 0.25) is 0 Å². The second-order valence-electron chi connectivity index (χ2n) is 8.39. The standard InChI is InChI=1S/C25H22F3N7O3/c1-2-4-19(36)34-12-3-5-17(34)23-33-20(21(22(29)37)35(23)30)14-6-8-15(9-7-14)24(38)32-18-13-16(10-11-31-18)25(26,27)28/h6-11,13,17H,3,5,12,30H2,1H3,(H2,29,37)(H,31,32,38). The molecule has 38 heavy (non-hydrogen) atoms. The fourth-order valence-corrected chi connectivity index (χ4v) is 4.22. The molecule has 4 rings (SSSR count). The minimum atomic E-state index is -4.58. The van der Waals surface area contributed by atoms with Gasteiger partial charge in [0.25, 0.3) is 17.7 Å². The molecule has 10 nitrogen and oxygen atoms in total. The number of primary amides is 1. The number of carbonyl (C=O) groups excluding carboxylic acids is 3. The molecule has 1 aliphatic rings. The summed E-state index contributed by atoms with van der Waals surface area (Å²) in [5.41, 5.74) is 5.22. The van der Waals surface area contributed by atoms with Crippen LogP contribution in [0.4, 0.5) is 19.0 Å². The lowest BCUT2D eigenvalue weighted by molar-refractivity contribution is -0.137. The van der Waals surface area contributed by atoms with Gasteiger partial charge in [-0.05, 0) is 50.0 Å². The smallest absolute Gasteiger partial charge is 0.364 e. The minimum absolute atomic E-state index is 0.0914. The lowest BCUT2D eigenvalue weighted by Crippen LogP contribution is -2.33. The molecule has 5 N–H and O–H groups in total. The summed E-state index contributed by atoms with van der Waals surface area (Å²) in [5.74, 6) is 9.33. The molecule has 3 heterocycles. The fraction of sp³-hybridized carbons (Fsp3) is 0.240. The van der Waals surface area contributed by atoms with Crippen LogP contribution in [0.3, 0.4) is 0 Å². The van der Waals surface area contributed by atoms with Crippen molar-refractivity contribution in [1.29, 1.82) is 0 Å². The van der Waals surface area contributed by atoms with Crippen LogP contribution in [0.5, 0.6) is 0 Å². The third-order valence-corrected chi connectivity index (χ3v) is 5.96. The van der Waals surface area contributed by atoms with Crippen molar-refractivity contribution >= 4 is 23.5 Å². The number of hydrogen-bond donors (Lipinski definition) is 3. The second kappa shape index (κ2) is 10.3. The van der Waals surface area contributed by atoms with Gasteiger partial charge in [-0.25, -0.2) is 14.6 Å². The third kappa shape index (κ3) is 5.15. The zero-order chi connectivity index (χ0) is 27.6. The molecule has 13 heteroatoms. The number of anilines is 1. The van der Waals surface area contributed by atoms with Crippen LogP contribution >= 0.6 is 0 Å². The van der Waals surface area contributed by atoms with Crippen molar-refractivity contribution in [3.05, 3.63) is 65.2 Å². The van der Waals surface area contributed by atoms with Crippen LogP contribution in [0, 0.1) is 11.8 Å². The first-order valence-electron chi connectivity index (χ1n) is 11.4. The van der Waals surface area contributed by atoms with Crippen LogP contribution in [0.1, 0.15) is 58.0 Å². The SMILES string of the molecule is CC#CC(=O)N1CCCC1c1nc(-c2ccc(C(=O)Nc3cc(C(F)(F)F)ccn3)cc2)c(C(N)=O)n1N. The Balaban J connectivity index is 1.61. The number of halogens is 3. The van der Waals surface area contributed by atoms with Crippen molar-refractivity contribution in [1.82, 2.24) is 19.5 Å². The average Bonchev–Trinajstić information content (AvgIpc) is 3.48. The summed E-state index contributed by atoms with van der Waals surface area (Å²) in [7, 11) is 0. The van der Waals surface area contributed by atoms with E-state index in [0.29, 0.717) is 24.9 Å². The quantitative estimate of drug-likeness (QED) is 0.345. The van der Waals surface area contributed by atoms with Gasteiger partial charge in [-0.2, -0.15) is 13.2 Å². The van der Waals surface area contributed by atoms with E-state index in [1.54, 1.807) is 6.92 Å². The van der Waals surface area contributed by atoms with Gasteiger partial charge in [-0.3, -0.25) is 14.4 Å². The number of benzene rings is 1. The topological polar surface area (TPSA) is 149 Å². The van der Waals surface area contributed by atoms with Gasteiger partial charge in [0.2, 0.25) is 0 Å². The molecule has 3 amide bonds. The van der Waals surface area contributed by atoms with E-state index in [-0.39, 0.29) is 34.5 Å². The minimum Gasteiger partial charge on any atom is -0.364 e. The van der Waals surface area contributed by atoms with Crippen LogP contribution < -0.4 is 16.9 Å². The largest absolute Gasteiger partial charge is 0.416 e. The van der Waals surface area contributed by atoms with E-state index >= 15 is 0 Å². The van der Waals surface area contributed by atoms with E-state index in [4.69, 9.17) is 11.6 Å². The van der Waals surface area contributed by atoms with Crippen molar-refractivity contribution in [2.75, 3.05) is 17.7 Å². The molecule has 0 saturated carbocycles. The van der Waals surface area contributed by atoms with Crippen LogP contribution in [0.15, 0.2) is 42.6 Å². The summed E-state index contributed by atoms with van der Waals surface area (Å²) >= 11 is 0. The second-order valence-corrected chi connectivity index (χ2v) is 8.39. The highest BCUT2D eigenvalue weighted by atomic mass is 19.4. The molecule has 3 aromatic rings. The molecule has 0 bridgehead atoms. The van der Waals surface area contributed by atoms with E-state index in [1.165, 1.54) is 29.2 Å². The highest BCUT2D eigenvalue weighted by Gasteiger charge is 2.35. The summed E-state index contributed by atoms with van der Waals surface area (Å²) in [5, 5.41) is 2.32. The molecule has 1 aliphatic heterocycles. The normalized spacial score (nSPS) is 15.1. The molecule has 196 valence electrons. The van der Waals surface area contributed by atoms with Gasteiger partial charge in [-0.1, -0.05) is 18.1 Å². The molecule has 1 fully saturated rings. The molecule has 0 spiro atoms. The van der Waals surface area contributed by atoms with Crippen molar-refractivity contribution < 1.29 is 27.6 Å². The zero-order valence-electron chi connectivity index (χ0n) is 20.0. The summed E-state index contributed by atoms with van der Waals surface area (Å²) in [6, 6.07) is 6.81. The van der Waals surface area contributed by atoms with Crippen molar-refractivity contribution in [2.45, 2.75) is 32.0 Å². The summed E-state index contributed by atoms with van der Waals surface area (Å²) < 4.78 is 39.9. The van der Waals surface area contributed by atoms with Gasteiger partial charge >= 0.3 is 6.18 Å². The Morgan fingerprint density at radius 3 is 2.50 bits per heavy atom. The summed E-state index contributed by atoms with van der Waals surface area (Å²) in [4.78, 5) is 47.1. The lowest BCUT2D eigenvalue weighted by Gasteiger charge is -2.21. The number of likely N-dealkylation sites (tertiary alicyclic amines) is 1. The molecule has 1 unspecified atom stereocenters. The van der Waals surface area contributed by atoms with E-state index in [2.05, 4.69) is 27.1 Å². The number of nitrogen functional groups attached to an aromatic ring is 1. The highest BCUT2D eigenvalue weighted by molar-refractivity contribution is 6.04. The van der Waals surface area contributed by atoms with Gasteiger partial charge < -0.3 is 21.8 Å². The van der Waals surface area contributed by atoms with E-state index in [1.807, 2.05) is 0 Å². The number of hydrogen-bond acceptors (Lipinski definition) is 6. The first-order chi connectivity index (χ1) is 18.0. The van der Waals surface area contributed by atoms with Gasteiger partial charge in [0, 0.05) is 23.9 Å². The number of nitrogens with zero attached hydrogens (tertiary/aromatic N) is 4. The van der Waals surface area contributed by atoms with E-state index in [9.17, 15) is 27.6 Å². The van der Waals surface area contributed by atoms with Gasteiger partial charge in [0.15, 0.2) is 11.5 Å². The summed E-state index contributed by atoms with van der Waals surface area (Å²) in [6.07, 6.45) is -2.38. The van der Waals surface area contributed by atoms with Gasteiger partial charge in [0.05, 0.1) is 11.6 Å². The lowest BCUT2D eigenvalue weighted by atomic mass is 10.1. The molecule has 1 saturated heterocycles. The molecular formula is C25H22F3N7O3. The zero-order valence-corrected chi connectivity index (χ0v) is 20.0. The third-order valence-electron chi connectivity index (χ3n) is 5.96. The van der Waals surface area contributed by atoms with Gasteiger partial charge in [0.1, 0.15) is 11.5 Å². The molecule has 1 atom stereocenters. The number of nitrogens with one attached hydrogen (secondary N) is 1. The Hall–Kier alpha value is -4.86. The number of aromatic nitrogens is 3. The monoisotopic (exact) mass is 525 g/mol. The van der Waals surface area contributed by atoms with Crippen LogP contribution in [0.25, 0.3) is 11.3 Å². The number of nitrogens with two attached hydrogens (primary N) is 2. The molecule has 0 radical (unpaired) electrons. The molecular weight excluding hydrogens is 503 g/mol. The predicted molar refractivity (Wildman–Crippen MR) is 131 cm³/mol. The molecule has 0 aliphatic carbocycles. The number of alkyl halides is 3. The maximum atomic E-state index is 12.9. The highest BCUT2D eigenvalue weighted by Crippen LogP contribution is 2.34. The maximum absolute atomic E-state index is 12.9. The summed E-state index contributed by atoms with van der Waals surface area (Å²) in [6.45, 7) is 2.01. The van der Waals surface area contributed by atoms with Crippen molar-refractivity contribution in [3.63, 3.8) is 0 Å². The fourth-order valence-electron chi connectivity index (χ4n) is 4.22. The predicted octanol–water partition coefficient (Wildman–Crippen LogP) is 2.72. The Morgan fingerprint density at radius 1 is 1.16 bits per heavy atom. The Kier molecular flexibility index (Phi) is 7.07. The van der Waals surface area contributed by atoms with E-state index < -0.39 is 29.6 Å². The average molecular weight is 525 g/mol. The first kappa shape index (κ1) is 26.2. The molecule has 2 aromatic heterocycles. The Bertz CT molecular complexity index is 1470. The van der Waals surface area contributed by atoms with Crippen molar-refractivity contribution in [2.24, 2.45) is 5.73 Å². The maximum Gasteiger partial charge on any atom is 0.416 e. The van der Waals surface area contributed by atoms with E-state index in [0.717, 1.165) is 23.0 Å².